The molecule has 0 bridgehead atoms. The van der Waals surface area contributed by atoms with Crippen LogP contribution in [0.1, 0.15) is 10.4 Å². The molecule has 0 radical (unpaired) electrons. The Kier molecular flexibility index (Phi) is 2.86. The van der Waals surface area contributed by atoms with Crippen LogP contribution in [0.4, 0.5) is 11.9 Å². The Hall–Kier alpha value is -1.56. The summed E-state index contributed by atoms with van der Waals surface area (Å²) in [7, 11) is 0. The highest BCUT2D eigenvalue weighted by Gasteiger charge is 2.01. The van der Waals surface area contributed by atoms with Crippen molar-refractivity contribution >= 4 is 23.2 Å². The first-order chi connectivity index (χ1) is 7.25. The first kappa shape index (κ1) is 9.97. The van der Waals surface area contributed by atoms with Gasteiger partial charge >= 0.3 is 0 Å². The highest BCUT2D eigenvalue weighted by atomic mass is 32.1. The van der Waals surface area contributed by atoms with Crippen molar-refractivity contribution in [3.8, 4) is 0 Å². The van der Waals surface area contributed by atoms with Crippen LogP contribution in [0.15, 0.2) is 11.4 Å². The van der Waals surface area contributed by atoms with Crippen molar-refractivity contribution in [3.05, 3.63) is 21.9 Å². The molecule has 4 N–H and O–H groups in total. The fraction of sp³-hybridized carbons (Fsp3) is 0.333. The third-order valence-corrected chi connectivity index (χ3v) is 3.03. The van der Waals surface area contributed by atoms with Crippen LogP contribution in [-0.2, 0) is 6.42 Å². The van der Waals surface area contributed by atoms with Gasteiger partial charge in [-0.25, -0.2) is 5.10 Å². The van der Waals surface area contributed by atoms with E-state index in [1.807, 2.05) is 0 Å². The fourth-order valence-electron chi connectivity index (χ4n) is 1.33. The molecule has 0 fully saturated rings. The summed E-state index contributed by atoms with van der Waals surface area (Å²) < 4.78 is 0. The van der Waals surface area contributed by atoms with Gasteiger partial charge in [-0.05, 0) is 30.4 Å². The van der Waals surface area contributed by atoms with Crippen molar-refractivity contribution in [1.29, 1.82) is 0 Å². The van der Waals surface area contributed by atoms with E-state index in [2.05, 4.69) is 38.9 Å². The fourth-order valence-corrected chi connectivity index (χ4v) is 2.09. The summed E-state index contributed by atoms with van der Waals surface area (Å²) in [6, 6.07) is 2.15. The van der Waals surface area contributed by atoms with Crippen LogP contribution < -0.4 is 11.1 Å². The van der Waals surface area contributed by atoms with Gasteiger partial charge in [-0.3, -0.25) is 0 Å². The first-order valence-electron chi connectivity index (χ1n) is 4.70. The molecule has 2 heterocycles. The number of rotatable bonds is 4. The number of aryl methyl sites for hydroxylation is 1. The van der Waals surface area contributed by atoms with Gasteiger partial charge in [0.05, 0.1) is 0 Å². The quantitative estimate of drug-likeness (QED) is 0.732. The second-order valence-corrected chi connectivity index (χ2v) is 4.34. The molecule has 6 heteroatoms. The Morgan fingerprint density at radius 3 is 3.07 bits per heavy atom. The average Bonchev–Trinajstić information content (AvgIpc) is 2.77. The van der Waals surface area contributed by atoms with Gasteiger partial charge in [-0.15, -0.1) is 16.4 Å². The number of nitrogen functional groups attached to an aromatic ring is 1. The monoisotopic (exact) mass is 223 g/mol. The van der Waals surface area contributed by atoms with Gasteiger partial charge in [0.1, 0.15) is 0 Å². The zero-order valence-electron chi connectivity index (χ0n) is 8.45. The molecule has 0 atom stereocenters. The Morgan fingerprint density at radius 1 is 1.60 bits per heavy atom. The summed E-state index contributed by atoms with van der Waals surface area (Å²) in [4.78, 5) is 5.32. The number of H-pyrrole nitrogens is 1. The predicted molar refractivity (Wildman–Crippen MR) is 62.0 cm³/mol. The number of hydrogen-bond acceptors (Lipinski definition) is 5. The van der Waals surface area contributed by atoms with Crippen LogP contribution in [0.3, 0.4) is 0 Å². The Balaban J connectivity index is 1.83. The maximum atomic E-state index is 5.40. The highest BCUT2D eigenvalue weighted by molar-refractivity contribution is 7.10. The van der Waals surface area contributed by atoms with Gasteiger partial charge in [-0.1, -0.05) is 0 Å². The standard InChI is InChI=1S/C9H13N5S/c1-6-7(3-5-15-6)2-4-11-9-12-8(10)13-14-9/h3,5H,2,4H2,1H3,(H4,10,11,12,13,14). The van der Waals surface area contributed by atoms with Gasteiger partial charge in [0.15, 0.2) is 0 Å². The van der Waals surface area contributed by atoms with Gasteiger partial charge in [-0.2, -0.15) is 4.98 Å². The van der Waals surface area contributed by atoms with E-state index in [-0.39, 0.29) is 0 Å². The van der Waals surface area contributed by atoms with E-state index in [4.69, 9.17) is 5.73 Å². The Morgan fingerprint density at radius 2 is 2.47 bits per heavy atom. The highest BCUT2D eigenvalue weighted by Crippen LogP contribution is 2.15. The van der Waals surface area contributed by atoms with Gasteiger partial charge in [0.2, 0.25) is 11.9 Å². The van der Waals surface area contributed by atoms with E-state index >= 15 is 0 Å². The Labute approximate surface area is 91.7 Å². The molecule has 15 heavy (non-hydrogen) atoms. The summed E-state index contributed by atoms with van der Waals surface area (Å²) in [5.74, 6) is 0.893. The molecule has 0 amide bonds. The molecule has 0 saturated heterocycles. The van der Waals surface area contributed by atoms with E-state index in [0.717, 1.165) is 13.0 Å². The van der Waals surface area contributed by atoms with E-state index in [1.54, 1.807) is 11.3 Å². The molecule has 80 valence electrons. The number of anilines is 2. The summed E-state index contributed by atoms with van der Waals surface area (Å²) >= 11 is 1.77. The van der Waals surface area contributed by atoms with Crippen LogP contribution in [-0.4, -0.2) is 21.7 Å². The SMILES string of the molecule is Cc1sccc1CCNc1n[nH]c(N)n1. The minimum absolute atomic E-state index is 0.337. The molecular weight excluding hydrogens is 210 g/mol. The average molecular weight is 223 g/mol. The summed E-state index contributed by atoms with van der Waals surface area (Å²) in [5.41, 5.74) is 6.77. The van der Waals surface area contributed by atoms with Crippen molar-refractivity contribution in [2.45, 2.75) is 13.3 Å². The topological polar surface area (TPSA) is 79.6 Å². The van der Waals surface area contributed by atoms with Crippen molar-refractivity contribution in [2.75, 3.05) is 17.6 Å². The van der Waals surface area contributed by atoms with Crippen LogP contribution in [0, 0.1) is 6.92 Å². The molecule has 2 rings (SSSR count). The molecule has 0 saturated carbocycles. The minimum atomic E-state index is 0.337. The minimum Gasteiger partial charge on any atom is -0.368 e. The zero-order valence-corrected chi connectivity index (χ0v) is 9.27. The van der Waals surface area contributed by atoms with Crippen molar-refractivity contribution in [3.63, 3.8) is 0 Å². The summed E-state index contributed by atoms with van der Waals surface area (Å²) in [6.45, 7) is 2.94. The number of nitrogens with one attached hydrogen (secondary N) is 2. The Bertz CT molecular complexity index is 433. The predicted octanol–water partition coefficient (Wildman–Crippen LogP) is 1.41. The van der Waals surface area contributed by atoms with E-state index in [1.165, 1.54) is 10.4 Å². The van der Waals surface area contributed by atoms with Crippen LogP contribution in [0.2, 0.25) is 0 Å². The lowest BCUT2D eigenvalue weighted by molar-refractivity contribution is 0.983. The molecule has 5 nitrogen and oxygen atoms in total. The van der Waals surface area contributed by atoms with Crippen molar-refractivity contribution < 1.29 is 0 Å². The normalized spacial score (nSPS) is 10.5. The third kappa shape index (κ3) is 2.47. The second kappa shape index (κ2) is 4.31. The zero-order chi connectivity index (χ0) is 10.7. The molecule has 0 unspecified atom stereocenters. The number of aromatic nitrogens is 3. The number of hydrogen-bond donors (Lipinski definition) is 3. The largest absolute Gasteiger partial charge is 0.368 e. The number of nitrogens with zero attached hydrogens (tertiary/aromatic N) is 2. The maximum Gasteiger partial charge on any atom is 0.243 e. The molecule has 0 aliphatic heterocycles. The van der Waals surface area contributed by atoms with Crippen LogP contribution in [0.25, 0.3) is 0 Å². The molecule has 0 aliphatic carbocycles. The van der Waals surface area contributed by atoms with E-state index < -0.39 is 0 Å². The smallest absolute Gasteiger partial charge is 0.243 e. The molecule has 0 aliphatic rings. The van der Waals surface area contributed by atoms with Crippen LogP contribution >= 0.6 is 11.3 Å². The molecule has 2 aromatic heterocycles. The van der Waals surface area contributed by atoms with Crippen molar-refractivity contribution in [2.24, 2.45) is 0 Å². The van der Waals surface area contributed by atoms with Crippen LogP contribution in [0.5, 0.6) is 0 Å². The first-order valence-corrected chi connectivity index (χ1v) is 5.58. The van der Waals surface area contributed by atoms with Gasteiger partial charge < -0.3 is 11.1 Å². The molecule has 2 aromatic rings. The van der Waals surface area contributed by atoms with E-state index in [0.29, 0.717) is 11.9 Å². The number of nitrogens with two attached hydrogens (primary N) is 1. The number of thiophene rings is 1. The summed E-state index contributed by atoms with van der Waals surface area (Å²) in [5, 5.41) is 11.7. The molecule has 0 aromatic carbocycles. The number of aromatic amines is 1. The molecule has 0 spiro atoms. The van der Waals surface area contributed by atoms with Gasteiger partial charge in [0, 0.05) is 11.4 Å². The lowest BCUT2D eigenvalue weighted by atomic mass is 10.2. The summed E-state index contributed by atoms with van der Waals surface area (Å²) in [6.07, 6.45) is 0.976. The molecular formula is C9H13N5S. The maximum absolute atomic E-state index is 5.40. The second-order valence-electron chi connectivity index (χ2n) is 3.22. The van der Waals surface area contributed by atoms with Crippen molar-refractivity contribution in [1.82, 2.24) is 15.2 Å². The van der Waals surface area contributed by atoms with Gasteiger partial charge in [0.25, 0.3) is 0 Å². The lowest BCUT2D eigenvalue weighted by Gasteiger charge is -2.00. The lowest BCUT2D eigenvalue weighted by Crippen LogP contribution is -2.06. The third-order valence-electron chi connectivity index (χ3n) is 2.15. The van der Waals surface area contributed by atoms with E-state index in [9.17, 15) is 0 Å².